The smallest absolute Gasteiger partial charge is 0.353 e. The highest BCUT2D eigenvalue weighted by Crippen LogP contribution is 2.22. The van der Waals surface area contributed by atoms with Gasteiger partial charge in [-0.2, -0.15) is 0 Å². The molecule has 0 aliphatic carbocycles. The molecule has 0 aliphatic rings. The van der Waals surface area contributed by atoms with Gasteiger partial charge in [-0.25, -0.2) is 4.79 Å². The Balaban J connectivity index is 3.74. The molecule has 0 saturated heterocycles. The summed E-state index contributed by atoms with van der Waals surface area (Å²) < 4.78 is 15.9. The lowest BCUT2D eigenvalue weighted by Crippen LogP contribution is -2.44. The SMILES string of the molecule is C=C[SiH2]OC(=O)C(CCCCCCC=CCCCCCCCC)(OC)OC. The fourth-order valence-electron chi connectivity index (χ4n) is 3.05. The van der Waals surface area contributed by atoms with E-state index in [1.807, 2.05) is 0 Å². The first-order valence-electron chi connectivity index (χ1n) is 10.7. The Labute approximate surface area is 169 Å². The van der Waals surface area contributed by atoms with Gasteiger partial charge in [0.2, 0.25) is 9.76 Å². The minimum Gasteiger partial charge on any atom is -0.517 e. The van der Waals surface area contributed by atoms with Gasteiger partial charge in [0, 0.05) is 20.6 Å². The lowest BCUT2D eigenvalue weighted by Gasteiger charge is -2.28. The maximum atomic E-state index is 12.2. The van der Waals surface area contributed by atoms with Gasteiger partial charge in [0.25, 0.3) is 5.79 Å². The summed E-state index contributed by atoms with van der Waals surface area (Å²) in [6.07, 6.45) is 20.0. The van der Waals surface area contributed by atoms with E-state index in [0.29, 0.717) is 6.42 Å². The average Bonchev–Trinajstić information content (AvgIpc) is 2.69. The van der Waals surface area contributed by atoms with Crippen molar-refractivity contribution in [3.05, 3.63) is 24.4 Å². The van der Waals surface area contributed by atoms with Gasteiger partial charge in [-0.3, -0.25) is 0 Å². The number of ether oxygens (including phenoxy) is 2. The third-order valence-corrected chi connectivity index (χ3v) is 5.49. The van der Waals surface area contributed by atoms with Crippen molar-refractivity contribution in [2.24, 2.45) is 0 Å². The van der Waals surface area contributed by atoms with Gasteiger partial charge in [0.15, 0.2) is 0 Å². The summed E-state index contributed by atoms with van der Waals surface area (Å²) in [6, 6.07) is 0. The number of allylic oxidation sites excluding steroid dienone is 2. The zero-order valence-electron chi connectivity index (χ0n) is 18.0. The van der Waals surface area contributed by atoms with E-state index in [9.17, 15) is 4.79 Å². The molecule has 0 radical (unpaired) electrons. The summed E-state index contributed by atoms with van der Waals surface area (Å²) in [5.74, 6) is -1.68. The Morgan fingerprint density at radius 1 is 0.889 bits per heavy atom. The predicted molar refractivity (Wildman–Crippen MR) is 116 cm³/mol. The van der Waals surface area contributed by atoms with Gasteiger partial charge < -0.3 is 13.9 Å². The summed E-state index contributed by atoms with van der Waals surface area (Å²) in [7, 11) is 1.96. The van der Waals surface area contributed by atoms with Crippen LogP contribution in [0.3, 0.4) is 0 Å². The van der Waals surface area contributed by atoms with Gasteiger partial charge in [-0.15, -0.1) is 6.58 Å². The molecule has 0 atom stereocenters. The lowest BCUT2D eigenvalue weighted by molar-refractivity contribution is -0.225. The molecule has 0 aliphatic heterocycles. The van der Waals surface area contributed by atoms with Crippen molar-refractivity contribution in [3.8, 4) is 0 Å². The van der Waals surface area contributed by atoms with Crippen molar-refractivity contribution in [3.63, 3.8) is 0 Å². The number of carbonyl (C=O) groups is 1. The van der Waals surface area contributed by atoms with E-state index in [1.165, 1.54) is 65.6 Å². The van der Waals surface area contributed by atoms with Crippen molar-refractivity contribution >= 4 is 15.7 Å². The summed E-state index contributed by atoms with van der Waals surface area (Å²) in [6.45, 7) is 5.86. The number of carbonyl (C=O) groups excluding carboxylic acids is 1. The average molecular weight is 399 g/mol. The molecule has 0 amide bonds. The van der Waals surface area contributed by atoms with Crippen LogP contribution in [0.1, 0.15) is 90.4 Å². The molecule has 0 saturated carbocycles. The van der Waals surface area contributed by atoms with Crippen LogP contribution in [0, 0.1) is 0 Å². The Kier molecular flexibility index (Phi) is 17.8. The molecule has 0 aromatic carbocycles. The Hall–Kier alpha value is -0.913. The van der Waals surface area contributed by atoms with Crippen LogP contribution in [0.4, 0.5) is 0 Å². The third-order valence-electron chi connectivity index (χ3n) is 4.82. The van der Waals surface area contributed by atoms with E-state index in [0.717, 1.165) is 25.7 Å². The molecule has 0 unspecified atom stereocenters. The van der Waals surface area contributed by atoms with Crippen LogP contribution < -0.4 is 0 Å². The predicted octanol–water partition coefficient (Wildman–Crippen LogP) is 5.39. The van der Waals surface area contributed by atoms with E-state index < -0.39 is 21.5 Å². The van der Waals surface area contributed by atoms with E-state index in [4.69, 9.17) is 13.9 Å². The Morgan fingerprint density at radius 3 is 1.93 bits per heavy atom. The standard InChI is InChI=1S/C22H42O4Si/c1-5-7-8-9-10-11-12-13-14-15-16-17-18-19-20-22(24-3,25-4)21(23)26-27-6-2/h6,13-14H,2,5,7-12,15-20,27H2,1,3-4H3. The lowest BCUT2D eigenvalue weighted by atomic mass is 10.0. The van der Waals surface area contributed by atoms with E-state index >= 15 is 0 Å². The third kappa shape index (κ3) is 13.0. The molecule has 0 fully saturated rings. The Bertz CT molecular complexity index is 392. The van der Waals surface area contributed by atoms with Crippen LogP contribution in [0.15, 0.2) is 24.4 Å². The van der Waals surface area contributed by atoms with Crippen LogP contribution >= 0.6 is 0 Å². The molecular weight excluding hydrogens is 356 g/mol. The summed E-state index contributed by atoms with van der Waals surface area (Å²) >= 11 is 0. The molecule has 0 aromatic rings. The molecule has 4 nitrogen and oxygen atoms in total. The second kappa shape index (κ2) is 18.5. The number of rotatable bonds is 19. The van der Waals surface area contributed by atoms with Crippen LogP contribution in [0.5, 0.6) is 0 Å². The first-order valence-corrected chi connectivity index (χ1v) is 12.1. The minimum absolute atomic E-state index is 0.420. The second-order valence-corrected chi connectivity index (χ2v) is 8.23. The van der Waals surface area contributed by atoms with Gasteiger partial charge in [-0.1, -0.05) is 69.7 Å². The molecule has 5 heteroatoms. The zero-order valence-corrected chi connectivity index (χ0v) is 19.4. The van der Waals surface area contributed by atoms with E-state index in [1.54, 1.807) is 5.70 Å². The fraction of sp³-hybridized carbons (Fsp3) is 0.773. The van der Waals surface area contributed by atoms with Gasteiger partial charge in [-0.05, 0) is 32.1 Å². The fourth-order valence-corrected chi connectivity index (χ4v) is 3.54. The molecule has 158 valence electrons. The van der Waals surface area contributed by atoms with Crippen LogP contribution in [-0.4, -0.2) is 35.7 Å². The molecule has 27 heavy (non-hydrogen) atoms. The zero-order chi connectivity index (χ0) is 20.2. The molecule has 0 rings (SSSR count). The van der Waals surface area contributed by atoms with Gasteiger partial charge >= 0.3 is 5.97 Å². The summed E-state index contributed by atoms with van der Waals surface area (Å²) in [5, 5.41) is 0. The normalized spacial score (nSPS) is 12.3. The molecule has 0 spiro atoms. The van der Waals surface area contributed by atoms with Crippen LogP contribution in [-0.2, 0) is 18.7 Å². The van der Waals surface area contributed by atoms with E-state index in [2.05, 4.69) is 25.7 Å². The molecule has 0 N–H and O–H groups in total. The Morgan fingerprint density at radius 2 is 1.41 bits per heavy atom. The highest BCUT2D eigenvalue weighted by Gasteiger charge is 2.39. The summed E-state index contributed by atoms with van der Waals surface area (Å²) in [4.78, 5) is 12.2. The second-order valence-electron chi connectivity index (χ2n) is 7.03. The first-order chi connectivity index (χ1) is 13.2. The quantitative estimate of drug-likeness (QED) is 0.127. The highest BCUT2D eigenvalue weighted by atomic mass is 28.2. The van der Waals surface area contributed by atoms with Crippen molar-refractivity contribution in [2.45, 2.75) is 96.2 Å². The van der Waals surface area contributed by atoms with Crippen molar-refractivity contribution in [1.82, 2.24) is 0 Å². The molecule has 0 bridgehead atoms. The summed E-state index contributed by atoms with van der Waals surface area (Å²) in [5.41, 5.74) is 1.67. The maximum absolute atomic E-state index is 12.2. The van der Waals surface area contributed by atoms with E-state index in [-0.39, 0.29) is 0 Å². The monoisotopic (exact) mass is 398 g/mol. The van der Waals surface area contributed by atoms with Crippen molar-refractivity contribution in [1.29, 1.82) is 0 Å². The largest absolute Gasteiger partial charge is 0.517 e. The topological polar surface area (TPSA) is 44.8 Å². The molecular formula is C22H42O4Si. The number of hydrogen-bond acceptors (Lipinski definition) is 4. The number of hydrogen-bond donors (Lipinski definition) is 0. The molecule has 0 aromatic heterocycles. The maximum Gasteiger partial charge on any atom is 0.353 e. The number of methoxy groups -OCH3 is 2. The molecule has 0 heterocycles. The number of unbranched alkanes of at least 4 members (excludes halogenated alkanes) is 10. The van der Waals surface area contributed by atoms with Crippen LogP contribution in [0.25, 0.3) is 0 Å². The van der Waals surface area contributed by atoms with Gasteiger partial charge in [0.05, 0.1) is 0 Å². The van der Waals surface area contributed by atoms with Gasteiger partial charge in [0.1, 0.15) is 0 Å². The first kappa shape index (κ1) is 26.1. The minimum atomic E-state index is -1.26. The highest BCUT2D eigenvalue weighted by molar-refractivity contribution is 6.37. The van der Waals surface area contributed by atoms with Crippen molar-refractivity contribution < 1.29 is 18.7 Å². The van der Waals surface area contributed by atoms with Crippen molar-refractivity contribution in [2.75, 3.05) is 14.2 Å². The van der Waals surface area contributed by atoms with Crippen LogP contribution in [0.2, 0.25) is 0 Å².